The average Bonchev–Trinajstić information content (AvgIpc) is 2.93. The molecule has 1 saturated heterocycles. The van der Waals surface area contributed by atoms with E-state index in [0.29, 0.717) is 5.56 Å². The monoisotopic (exact) mass is 397 g/mol. The fourth-order valence-corrected chi connectivity index (χ4v) is 3.40. The Bertz CT molecular complexity index is 997. The molecule has 1 aliphatic rings. The number of nitrogens with zero attached hydrogens (tertiary/aromatic N) is 1. The number of benzene rings is 2. The van der Waals surface area contributed by atoms with E-state index in [2.05, 4.69) is 0 Å². The lowest BCUT2D eigenvalue weighted by molar-refractivity contribution is -0.140. The smallest absolute Gasteiger partial charge is 0.303 e. The van der Waals surface area contributed by atoms with Gasteiger partial charge in [0.1, 0.15) is 11.6 Å². The number of carboxylic acids is 1. The molecular weight excluding hydrogens is 377 g/mol. The first-order chi connectivity index (χ1) is 13.8. The summed E-state index contributed by atoms with van der Waals surface area (Å²) in [7, 11) is 0. The van der Waals surface area contributed by atoms with Gasteiger partial charge in [0.15, 0.2) is 0 Å². The molecular formula is C22H20FNO5. The summed E-state index contributed by atoms with van der Waals surface area (Å²) in [4.78, 5) is 37.3. The molecule has 0 bridgehead atoms. The molecule has 0 unspecified atom stereocenters. The molecule has 2 aromatic carbocycles. The molecule has 6 nitrogen and oxygen atoms in total. The zero-order valence-corrected chi connectivity index (χ0v) is 15.8. The molecule has 1 heterocycles. The Morgan fingerprint density at radius 3 is 2.34 bits per heavy atom. The minimum Gasteiger partial charge on any atom is -0.507 e. The Labute approximate surface area is 166 Å². The standard InChI is InChI=1S/C22H20FNO5/c1-13-8-10-14(11-9-13)20(27)18-19(15-5-2-3-6-16(15)23)24(22(29)21(18)28)12-4-7-17(25)26/h2-3,5-6,8-11,19,27H,4,7,12H2,1H3,(H,25,26)/t19-/m1/s1. The lowest BCUT2D eigenvalue weighted by Crippen LogP contribution is -2.31. The van der Waals surface area contributed by atoms with Gasteiger partial charge in [-0.2, -0.15) is 0 Å². The Kier molecular flexibility index (Phi) is 5.77. The fraction of sp³-hybridized carbons (Fsp3) is 0.227. The van der Waals surface area contributed by atoms with E-state index in [-0.39, 0.29) is 30.5 Å². The van der Waals surface area contributed by atoms with Gasteiger partial charge in [0.25, 0.3) is 11.7 Å². The Morgan fingerprint density at radius 2 is 1.72 bits per heavy atom. The highest BCUT2D eigenvalue weighted by molar-refractivity contribution is 6.46. The number of hydrogen-bond donors (Lipinski definition) is 2. The van der Waals surface area contributed by atoms with Crippen molar-refractivity contribution in [2.75, 3.05) is 6.54 Å². The van der Waals surface area contributed by atoms with Crippen LogP contribution in [-0.2, 0) is 14.4 Å². The van der Waals surface area contributed by atoms with Gasteiger partial charge in [-0.25, -0.2) is 4.39 Å². The average molecular weight is 397 g/mol. The fourth-order valence-electron chi connectivity index (χ4n) is 3.40. The molecule has 1 fully saturated rings. The van der Waals surface area contributed by atoms with Crippen LogP contribution in [0.4, 0.5) is 4.39 Å². The maximum atomic E-state index is 14.6. The molecule has 0 spiro atoms. The van der Waals surface area contributed by atoms with Crippen molar-refractivity contribution in [3.63, 3.8) is 0 Å². The van der Waals surface area contributed by atoms with Crippen LogP contribution in [0.2, 0.25) is 0 Å². The Morgan fingerprint density at radius 1 is 1.07 bits per heavy atom. The summed E-state index contributed by atoms with van der Waals surface area (Å²) >= 11 is 0. The van der Waals surface area contributed by atoms with Crippen molar-refractivity contribution in [1.82, 2.24) is 4.90 Å². The van der Waals surface area contributed by atoms with Gasteiger partial charge in [0.05, 0.1) is 11.6 Å². The second-order valence-corrected chi connectivity index (χ2v) is 6.88. The van der Waals surface area contributed by atoms with Gasteiger partial charge in [-0.1, -0.05) is 48.0 Å². The summed E-state index contributed by atoms with van der Waals surface area (Å²) in [5.41, 5.74) is 1.14. The number of rotatable bonds is 6. The minimum atomic E-state index is -1.13. The van der Waals surface area contributed by atoms with Crippen LogP contribution >= 0.6 is 0 Å². The van der Waals surface area contributed by atoms with Crippen LogP contribution in [0.5, 0.6) is 0 Å². The van der Waals surface area contributed by atoms with Crippen molar-refractivity contribution in [3.8, 4) is 0 Å². The first-order valence-electron chi connectivity index (χ1n) is 9.13. The van der Waals surface area contributed by atoms with Crippen LogP contribution in [0.3, 0.4) is 0 Å². The number of carboxylic acid groups (broad SMARTS) is 1. The quantitative estimate of drug-likeness (QED) is 0.442. The number of aryl methyl sites for hydroxylation is 1. The number of aliphatic hydroxyl groups is 1. The van der Waals surface area contributed by atoms with Gasteiger partial charge in [-0.05, 0) is 19.4 Å². The normalized spacial score (nSPS) is 18.3. The van der Waals surface area contributed by atoms with Crippen molar-refractivity contribution >= 4 is 23.4 Å². The molecule has 150 valence electrons. The van der Waals surface area contributed by atoms with Gasteiger partial charge < -0.3 is 15.1 Å². The minimum absolute atomic E-state index is 0.0550. The van der Waals surface area contributed by atoms with E-state index >= 15 is 0 Å². The summed E-state index contributed by atoms with van der Waals surface area (Å²) in [6, 6.07) is 11.3. The number of aliphatic hydroxyl groups excluding tert-OH is 1. The number of carbonyl (C=O) groups excluding carboxylic acids is 2. The van der Waals surface area contributed by atoms with Crippen LogP contribution < -0.4 is 0 Å². The van der Waals surface area contributed by atoms with E-state index in [1.54, 1.807) is 30.3 Å². The van der Waals surface area contributed by atoms with Crippen LogP contribution in [0.25, 0.3) is 5.76 Å². The third-order valence-electron chi connectivity index (χ3n) is 4.85. The Hall–Kier alpha value is -3.48. The summed E-state index contributed by atoms with van der Waals surface area (Å²) in [5, 5.41) is 19.7. The highest BCUT2D eigenvalue weighted by Crippen LogP contribution is 2.40. The zero-order valence-electron chi connectivity index (χ0n) is 15.8. The predicted octanol–water partition coefficient (Wildman–Crippen LogP) is 3.42. The van der Waals surface area contributed by atoms with E-state index in [9.17, 15) is 23.9 Å². The molecule has 0 saturated carbocycles. The second kappa shape index (κ2) is 8.26. The lowest BCUT2D eigenvalue weighted by Gasteiger charge is -2.25. The summed E-state index contributed by atoms with van der Waals surface area (Å²) in [6.07, 6.45) is -0.108. The van der Waals surface area contributed by atoms with E-state index in [4.69, 9.17) is 5.11 Å². The molecule has 2 aromatic rings. The summed E-state index contributed by atoms with van der Waals surface area (Å²) in [6.45, 7) is 1.81. The molecule has 7 heteroatoms. The molecule has 1 atom stereocenters. The number of carbonyl (C=O) groups is 3. The van der Waals surface area contributed by atoms with Crippen LogP contribution in [0.15, 0.2) is 54.1 Å². The summed E-state index contributed by atoms with van der Waals surface area (Å²) < 4.78 is 14.6. The molecule has 3 rings (SSSR count). The molecule has 0 radical (unpaired) electrons. The third-order valence-corrected chi connectivity index (χ3v) is 4.85. The van der Waals surface area contributed by atoms with E-state index in [1.165, 1.54) is 18.2 Å². The molecule has 1 amide bonds. The highest BCUT2D eigenvalue weighted by atomic mass is 19.1. The molecule has 29 heavy (non-hydrogen) atoms. The van der Waals surface area contributed by atoms with Gasteiger partial charge in [-0.15, -0.1) is 0 Å². The molecule has 0 aromatic heterocycles. The zero-order chi connectivity index (χ0) is 21.1. The first-order valence-corrected chi connectivity index (χ1v) is 9.13. The maximum Gasteiger partial charge on any atom is 0.303 e. The number of aliphatic carboxylic acids is 1. The first kappa shape index (κ1) is 20.3. The molecule has 1 aliphatic heterocycles. The number of halogens is 1. The van der Waals surface area contributed by atoms with Crippen LogP contribution in [0.1, 0.15) is 35.6 Å². The van der Waals surface area contributed by atoms with Crippen molar-refractivity contribution in [1.29, 1.82) is 0 Å². The lowest BCUT2D eigenvalue weighted by atomic mass is 9.94. The maximum absolute atomic E-state index is 14.6. The number of amides is 1. The Balaban J connectivity index is 2.12. The topological polar surface area (TPSA) is 94.9 Å². The second-order valence-electron chi connectivity index (χ2n) is 6.88. The van der Waals surface area contributed by atoms with Gasteiger partial charge in [0.2, 0.25) is 0 Å². The van der Waals surface area contributed by atoms with Crippen molar-refractivity contribution in [2.24, 2.45) is 0 Å². The van der Waals surface area contributed by atoms with Gasteiger partial charge in [-0.3, -0.25) is 14.4 Å². The molecule has 0 aliphatic carbocycles. The molecule has 2 N–H and O–H groups in total. The number of hydrogen-bond acceptors (Lipinski definition) is 4. The van der Waals surface area contributed by atoms with Crippen molar-refractivity contribution in [3.05, 3.63) is 76.6 Å². The number of ketones is 1. The summed E-state index contributed by atoms with van der Waals surface area (Å²) in [5.74, 6) is -3.87. The van der Waals surface area contributed by atoms with Crippen molar-refractivity contribution in [2.45, 2.75) is 25.8 Å². The number of Topliss-reactive ketones (excluding diaryl/α,β-unsaturated/α-hetero) is 1. The number of likely N-dealkylation sites (tertiary alicyclic amines) is 1. The highest BCUT2D eigenvalue weighted by Gasteiger charge is 2.46. The SMILES string of the molecule is Cc1ccc(C(O)=C2C(=O)C(=O)N(CCCC(=O)O)[C@@H]2c2ccccc2F)cc1. The van der Waals surface area contributed by atoms with E-state index in [0.717, 1.165) is 10.5 Å². The van der Waals surface area contributed by atoms with Crippen LogP contribution in [-0.4, -0.2) is 39.3 Å². The van der Waals surface area contributed by atoms with Gasteiger partial charge >= 0.3 is 5.97 Å². The van der Waals surface area contributed by atoms with E-state index in [1.807, 2.05) is 6.92 Å². The van der Waals surface area contributed by atoms with Crippen LogP contribution in [0, 0.1) is 12.7 Å². The largest absolute Gasteiger partial charge is 0.507 e. The predicted molar refractivity (Wildman–Crippen MR) is 103 cm³/mol. The van der Waals surface area contributed by atoms with E-state index < -0.39 is 35.3 Å². The van der Waals surface area contributed by atoms with Crippen molar-refractivity contribution < 1.29 is 29.0 Å². The van der Waals surface area contributed by atoms with Gasteiger partial charge in [0, 0.05) is 24.1 Å². The third kappa shape index (κ3) is 4.03.